The van der Waals surface area contributed by atoms with Crippen molar-refractivity contribution in [3.8, 4) is 22.5 Å². The Morgan fingerprint density at radius 2 is 1.92 bits per heavy atom. The number of nitrogens with zero attached hydrogens (tertiary/aromatic N) is 5. The predicted molar refractivity (Wildman–Crippen MR) is 131 cm³/mol. The number of pyridine rings is 2. The number of fused-ring (bicyclic) bond motifs is 3. The Balaban J connectivity index is 1.75. The molecule has 186 valence electrons. The van der Waals surface area contributed by atoms with Crippen LogP contribution in [0, 0.1) is 5.82 Å². The lowest BCUT2D eigenvalue weighted by Crippen LogP contribution is -2.22. The van der Waals surface area contributed by atoms with Gasteiger partial charge in [-0.05, 0) is 19.1 Å². The molecular formula is C26H25F3N6O. The summed E-state index contributed by atoms with van der Waals surface area (Å²) in [6.45, 7) is 4.97. The molecular weight excluding hydrogens is 469 g/mol. The third-order valence-electron chi connectivity index (χ3n) is 6.42. The fourth-order valence-corrected chi connectivity index (χ4v) is 4.53. The second kappa shape index (κ2) is 9.25. The lowest BCUT2D eigenvalue weighted by Gasteiger charge is -2.19. The van der Waals surface area contributed by atoms with Crippen molar-refractivity contribution in [3.05, 3.63) is 81.2 Å². The molecule has 2 aromatic rings. The van der Waals surface area contributed by atoms with Gasteiger partial charge >= 0.3 is 0 Å². The summed E-state index contributed by atoms with van der Waals surface area (Å²) >= 11 is 0. The van der Waals surface area contributed by atoms with Gasteiger partial charge in [0.1, 0.15) is 23.3 Å². The molecule has 7 nitrogen and oxygen atoms in total. The van der Waals surface area contributed by atoms with Crippen LogP contribution in [0.15, 0.2) is 52.4 Å². The molecule has 3 aliphatic heterocycles. The summed E-state index contributed by atoms with van der Waals surface area (Å²) in [7, 11) is 1.69. The molecule has 0 spiro atoms. The van der Waals surface area contributed by atoms with E-state index in [1.54, 1.807) is 26.2 Å². The maximum atomic E-state index is 14.9. The Bertz CT molecular complexity index is 1560. The zero-order chi connectivity index (χ0) is 25.6. The monoisotopic (exact) mass is 494 g/mol. The summed E-state index contributed by atoms with van der Waals surface area (Å²) in [5.74, 6) is 1.18. The highest BCUT2D eigenvalue weighted by molar-refractivity contribution is 5.81. The molecule has 1 unspecified atom stereocenters. The van der Waals surface area contributed by atoms with Crippen molar-refractivity contribution in [2.24, 2.45) is 12.0 Å². The first-order valence-electron chi connectivity index (χ1n) is 11.7. The van der Waals surface area contributed by atoms with Crippen LogP contribution in [-0.2, 0) is 20.0 Å². The quantitative estimate of drug-likeness (QED) is 0.444. The molecule has 5 rings (SSSR count). The average molecular weight is 495 g/mol. The fraction of sp³-hybridized carbons (Fsp3) is 0.308. The SMILES string of the molecule is CCc1nc2n3c(c(-c4ccc(=O)n(C)c4)cc-2c(=NC(C)c2cccc(C(F)F)c2F)n1)NCC3. The normalized spacial score (nSPS) is 14.4. The van der Waals surface area contributed by atoms with Crippen molar-refractivity contribution in [3.63, 3.8) is 0 Å². The largest absolute Gasteiger partial charge is 0.369 e. The van der Waals surface area contributed by atoms with Crippen LogP contribution >= 0.6 is 0 Å². The fourth-order valence-electron chi connectivity index (χ4n) is 4.53. The van der Waals surface area contributed by atoms with Gasteiger partial charge in [-0.2, -0.15) is 0 Å². The highest BCUT2D eigenvalue weighted by Crippen LogP contribution is 2.36. The Labute approximate surface area is 205 Å². The van der Waals surface area contributed by atoms with Gasteiger partial charge in [-0.15, -0.1) is 0 Å². The number of aromatic nitrogens is 4. The molecule has 0 radical (unpaired) electrons. The van der Waals surface area contributed by atoms with Crippen molar-refractivity contribution in [1.82, 2.24) is 19.1 Å². The summed E-state index contributed by atoms with van der Waals surface area (Å²) < 4.78 is 45.0. The summed E-state index contributed by atoms with van der Waals surface area (Å²) in [4.78, 5) is 26.0. The summed E-state index contributed by atoms with van der Waals surface area (Å²) in [6.07, 6.45) is -0.594. The minimum absolute atomic E-state index is 0.0753. The molecule has 1 atom stereocenters. The van der Waals surface area contributed by atoms with E-state index in [0.717, 1.165) is 23.0 Å². The van der Waals surface area contributed by atoms with E-state index in [1.165, 1.54) is 22.8 Å². The van der Waals surface area contributed by atoms with Crippen molar-refractivity contribution >= 4 is 5.82 Å². The van der Waals surface area contributed by atoms with Crippen molar-refractivity contribution in [2.75, 3.05) is 11.9 Å². The standard InChI is InChI=1S/C26H25F3N6O/c1-4-20-32-24(31-14(2)16-6-5-7-17(22(16)27)23(28)29)19-12-18(15-8-9-21(36)34(3)13-15)25-30-10-11-35(25)26(19)33-20/h5-9,12-14,23,30H,4,10-11H2,1-3H3. The third-order valence-corrected chi connectivity index (χ3v) is 6.42. The minimum atomic E-state index is -2.92. The molecule has 10 heteroatoms. The average Bonchev–Trinajstić information content (AvgIpc) is 3.35. The second-order valence-electron chi connectivity index (χ2n) is 8.76. The van der Waals surface area contributed by atoms with E-state index in [-0.39, 0.29) is 11.1 Å². The Morgan fingerprint density at radius 1 is 1.14 bits per heavy atom. The molecule has 0 bridgehead atoms. The molecule has 0 amide bonds. The van der Waals surface area contributed by atoms with Gasteiger partial charge in [0.25, 0.3) is 6.43 Å². The first-order valence-corrected chi connectivity index (χ1v) is 11.7. The summed E-state index contributed by atoms with van der Waals surface area (Å²) in [6, 6.07) is 8.38. The number of aryl methyl sites for hydroxylation is 2. The van der Waals surface area contributed by atoms with Crippen LogP contribution in [0.25, 0.3) is 22.5 Å². The topological polar surface area (TPSA) is 77.1 Å². The number of hydrogen-bond donors (Lipinski definition) is 1. The summed E-state index contributed by atoms with van der Waals surface area (Å²) in [5.41, 5.74) is 1.99. The van der Waals surface area contributed by atoms with Crippen molar-refractivity contribution in [1.29, 1.82) is 0 Å². The molecule has 0 saturated carbocycles. The van der Waals surface area contributed by atoms with Gasteiger partial charge in [-0.25, -0.2) is 23.1 Å². The van der Waals surface area contributed by atoms with Crippen LogP contribution in [-0.4, -0.2) is 25.6 Å². The van der Waals surface area contributed by atoms with E-state index in [9.17, 15) is 18.0 Å². The van der Waals surface area contributed by atoms with Crippen molar-refractivity contribution < 1.29 is 13.2 Å². The molecule has 1 aromatic carbocycles. The molecule has 1 aromatic heterocycles. The zero-order valence-electron chi connectivity index (χ0n) is 20.1. The maximum Gasteiger partial charge on any atom is 0.266 e. The van der Waals surface area contributed by atoms with Crippen LogP contribution in [0.2, 0.25) is 0 Å². The van der Waals surface area contributed by atoms with Gasteiger partial charge in [0.05, 0.1) is 17.2 Å². The van der Waals surface area contributed by atoms with Gasteiger partial charge < -0.3 is 14.5 Å². The number of halogens is 3. The number of nitrogens with one attached hydrogen (secondary N) is 1. The lowest BCUT2D eigenvalue weighted by molar-refractivity contribution is 0.146. The first-order chi connectivity index (χ1) is 17.3. The molecule has 0 saturated heterocycles. The van der Waals surface area contributed by atoms with Gasteiger partial charge in [-0.3, -0.25) is 9.79 Å². The Kier molecular flexibility index (Phi) is 6.11. The number of rotatable bonds is 5. The van der Waals surface area contributed by atoms with Gasteiger partial charge in [0, 0.05) is 55.5 Å². The van der Waals surface area contributed by atoms with Crippen LogP contribution in [0.1, 0.15) is 43.3 Å². The van der Waals surface area contributed by atoms with E-state index in [1.807, 2.05) is 13.0 Å². The van der Waals surface area contributed by atoms with Gasteiger partial charge in [0.15, 0.2) is 5.49 Å². The van der Waals surface area contributed by atoms with E-state index < -0.39 is 23.8 Å². The van der Waals surface area contributed by atoms with Crippen LogP contribution in [0.4, 0.5) is 19.0 Å². The maximum absolute atomic E-state index is 14.9. The van der Waals surface area contributed by atoms with E-state index in [0.29, 0.717) is 42.2 Å². The summed E-state index contributed by atoms with van der Waals surface area (Å²) in [5, 5.41) is 3.41. The zero-order valence-corrected chi connectivity index (χ0v) is 20.1. The third kappa shape index (κ3) is 4.06. The highest BCUT2D eigenvalue weighted by Gasteiger charge is 2.25. The van der Waals surface area contributed by atoms with Crippen LogP contribution < -0.4 is 16.4 Å². The second-order valence-corrected chi connectivity index (χ2v) is 8.76. The smallest absolute Gasteiger partial charge is 0.266 e. The minimum Gasteiger partial charge on any atom is -0.369 e. The van der Waals surface area contributed by atoms with Crippen LogP contribution in [0.3, 0.4) is 0 Å². The van der Waals surface area contributed by atoms with Crippen LogP contribution in [0.5, 0.6) is 0 Å². The molecule has 0 aliphatic carbocycles. The van der Waals surface area contributed by atoms with Crippen molar-refractivity contribution in [2.45, 2.75) is 39.3 Å². The number of anilines is 1. The Morgan fingerprint density at radius 3 is 2.64 bits per heavy atom. The molecule has 0 fully saturated rings. The molecule has 36 heavy (non-hydrogen) atoms. The van der Waals surface area contributed by atoms with E-state index in [2.05, 4.69) is 14.9 Å². The predicted octanol–water partition coefficient (Wildman–Crippen LogP) is 4.48. The lowest BCUT2D eigenvalue weighted by atomic mass is 10.0. The van der Waals surface area contributed by atoms with E-state index in [4.69, 9.17) is 9.98 Å². The molecule has 1 N–H and O–H groups in total. The number of alkyl halides is 2. The highest BCUT2D eigenvalue weighted by atomic mass is 19.3. The number of benzene rings is 1. The molecule has 3 aliphatic rings. The first kappa shape index (κ1) is 23.8. The van der Waals surface area contributed by atoms with Gasteiger partial charge in [-0.1, -0.05) is 25.1 Å². The number of hydrogen-bond acceptors (Lipinski definition) is 5. The van der Waals surface area contributed by atoms with Gasteiger partial charge in [0.2, 0.25) is 5.56 Å². The molecule has 4 heterocycles. The Hall–Kier alpha value is -3.95. The van der Waals surface area contributed by atoms with E-state index >= 15 is 0 Å².